The number of nitriles is 2. The van der Waals surface area contributed by atoms with Crippen molar-refractivity contribution in [3.05, 3.63) is 41.1 Å². The Morgan fingerprint density at radius 1 is 1.07 bits per heavy atom. The van der Waals surface area contributed by atoms with Crippen molar-refractivity contribution < 1.29 is 14.2 Å². The lowest BCUT2D eigenvalue weighted by molar-refractivity contribution is -0.254. The number of benzene rings is 1. The molecule has 156 valence electrons. The molecule has 3 atom stereocenters. The van der Waals surface area contributed by atoms with Crippen LogP contribution in [0.15, 0.2) is 40.5 Å². The lowest BCUT2D eigenvalue weighted by Gasteiger charge is -2.53. The van der Waals surface area contributed by atoms with E-state index in [-0.39, 0.29) is 5.84 Å². The summed E-state index contributed by atoms with van der Waals surface area (Å²) < 4.78 is 16.7. The third-order valence-electron chi connectivity index (χ3n) is 6.76. The highest BCUT2D eigenvalue weighted by atomic mass is 16.7. The zero-order chi connectivity index (χ0) is 21.6. The minimum Gasteiger partial charge on any atom is -0.497 e. The van der Waals surface area contributed by atoms with Crippen LogP contribution in [0, 0.1) is 33.5 Å². The van der Waals surface area contributed by atoms with Crippen LogP contribution in [0.25, 0.3) is 0 Å². The summed E-state index contributed by atoms with van der Waals surface area (Å²) in [5.74, 6) is -0.978. The highest BCUT2D eigenvalue weighted by Gasteiger charge is 2.79. The zero-order valence-electron chi connectivity index (χ0n) is 17.4. The van der Waals surface area contributed by atoms with Gasteiger partial charge in [0.05, 0.1) is 25.3 Å². The molecule has 3 N–H and O–H groups in total. The van der Waals surface area contributed by atoms with Crippen molar-refractivity contribution in [3.63, 3.8) is 0 Å². The molecule has 2 heterocycles. The summed E-state index contributed by atoms with van der Waals surface area (Å²) in [6.45, 7) is 0. The summed E-state index contributed by atoms with van der Waals surface area (Å²) in [4.78, 5) is 4.49. The maximum absolute atomic E-state index is 10.7. The molecule has 4 rings (SSSR count). The molecule has 0 saturated heterocycles. The Kier molecular flexibility index (Phi) is 4.73. The van der Waals surface area contributed by atoms with E-state index in [1.807, 2.05) is 24.3 Å². The third kappa shape index (κ3) is 2.18. The van der Waals surface area contributed by atoms with Gasteiger partial charge in [0.2, 0.25) is 0 Å². The van der Waals surface area contributed by atoms with E-state index in [0.717, 1.165) is 36.1 Å². The molecule has 0 amide bonds. The van der Waals surface area contributed by atoms with Gasteiger partial charge in [0.15, 0.2) is 10.8 Å². The predicted octanol–water partition coefficient (Wildman–Crippen LogP) is 2.50. The summed E-state index contributed by atoms with van der Waals surface area (Å²) >= 11 is 0. The Bertz CT molecular complexity index is 999. The predicted molar refractivity (Wildman–Crippen MR) is 109 cm³/mol. The number of ether oxygens (including phenoxy) is 3. The Morgan fingerprint density at radius 2 is 1.73 bits per heavy atom. The van der Waals surface area contributed by atoms with Crippen LogP contribution in [0.3, 0.4) is 0 Å². The van der Waals surface area contributed by atoms with Crippen LogP contribution in [0.5, 0.6) is 5.75 Å². The molecule has 0 aromatic heterocycles. The van der Waals surface area contributed by atoms with Crippen LogP contribution in [-0.4, -0.2) is 33.1 Å². The van der Waals surface area contributed by atoms with Gasteiger partial charge in [-0.3, -0.25) is 0 Å². The lowest BCUT2D eigenvalue weighted by atomic mass is 9.52. The maximum atomic E-state index is 10.7. The van der Waals surface area contributed by atoms with Crippen LogP contribution in [0.4, 0.5) is 0 Å². The molecule has 8 heteroatoms. The fourth-order valence-corrected chi connectivity index (χ4v) is 5.37. The molecule has 1 aliphatic carbocycles. The van der Waals surface area contributed by atoms with Gasteiger partial charge in [0.1, 0.15) is 11.6 Å². The van der Waals surface area contributed by atoms with Crippen LogP contribution < -0.4 is 15.8 Å². The summed E-state index contributed by atoms with van der Waals surface area (Å²) in [6, 6.07) is 11.6. The molecular formula is C22H25N5O3. The highest BCUT2D eigenvalue weighted by molar-refractivity contribution is 5.96. The Labute approximate surface area is 175 Å². The molecule has 0 saturated carbocycles. The number of amidine groups is 1. The van der Waals surface area contributed by atoms with Crippen molar-refractivity contribution in [2.24, 2.45) is 21.6 Å². The molecule has 1 aromatic carbocycles. The average molecular weight is 407 g/mol. The fourth-order valence-electron chi connectivity index (χ4n) is 5.37. The standard InChI is InChI=1S/C22H25N5O3/c1-28-15-10-8-14(9-11-15)18-20(12-23)19(25)27-22(29-2,30-3)21(20,13-24)16-6-4-5-7-17(16)26-18/h8-11,18,26H,4-7H2,1-3H3,(H2,25,27)/t18-,20-,21+/m1/s1. The van der Waals surface area contributed by atoms with Gasteiger partial charge in [-0.2, -0.15) is 10.5 Å². The van der Waals surface area contributed by atoms with E-state index in [1.165, 1.54) is 14.2 Å². The van der Waals surface area contributed by atoms with Crippen LogP contribution in [-0.2, 0) is 9.47 Å². The number of nitrogens with two attached hydrogens (primary N) is 1. The Morgan fingerprint density at radius 3 is 2.30 bits per heavy atom. The number of nitrogens with one attached hydrogen (secondary N) is 1. The molecular weight excluding hydrogens is 382 g/mol. The number of methoxy groups -OCH3 is 3. The van der Waals surface area contributed by atoms with E-state index in [9.17, 15) is 10.5 Å². The summed E-state index contributed by atoms with van der Waals surface area (Å²) in [5, 5.41) is 24.8. The molecule has 8 nitrogen and oxygen atoms in total. The van der Waals surface area contributed by atoms with Gasteiger partial charge in [-0.1, -0.05) is 12.1 Å². The number of fused-ring (bicyclic) bond motifs is 2. The van der Waals surface area contributed by atoms with E-state index < -0.39 is 22.8 Å². The molecule has 0 bridgehead atoms. The quantitative estimate of drug-likeness (QED) is 0.734. The molecule has 0 unspecified atom stereocenters. The van der Waals surface area contributed by atoms with Gasteiger partial charge in [-0.05, 0) is 49.0 Å². The summed E-state index contributed by atoms with van der Waals surface area (Å²) in [7, 11) is 4.46. The molecule has 3 aliphatic rings. The zero-order valence-corrected chi connectivity index (χ0v) is 17.4. The second-order valence-corrected chi connectivity index (χ2v) is 7.78. The van der Waals surface area contributed by atoms with Gasteiger partial charge in [0.25, 0.3) is 5.91 Å². The first-order valence-corrected chi connectivity index (χ1v) is 9.91. The first kappa shape index (κ1) is 20.2. The van der Waals surface area contributed by atoms with Gasteiger partial charge >= 0.3 is 0 Å². The molecule has 0 spiro atoms. The highest BCUT2D eigenvalue weighted by Crippen LogP contribution is 2.67. The second-order valence-electron chi connectivity index (χ2n) is 7.78. The number of aliphatic imine (C=N–C) groups is 1. The summed E-state index contributed by atoms with van der Waals surface area (Å²) in [6.07, 6.45) is 3.32. The number of allylic oxidation sites excluding steroid dienone is 1. The van der Waals surface area contributed by atoms with E-state index in [2.05, 4.69) is 22.4 Å². The van der Waals surface area contributed by atoms with Gasteiger partial charge in [-0.25, -0.2) is 4.99 Å². The van der Waals surface area contributed by atoms with Crippen LogP contribution in [0.1, 0.15) is 37.3 Å². The topological polar surface area (TPSA) is 126 Å². The maximum Gasteiger partial charge on any atom is 0.296 e. The Balaban J connectivity index is 2.05. The van der Waals surface area contributed by atoms with E-state index >= 15 is 0 Å². The molecule has 30 heavy (non-hydrogen) atoms. The number of nitrogens with zero attached hydrogens (tertiary/aromatic N) is 3. The lowest BCUT2D eigenvalue weighted by Crippen LogP contribution is -2.64. The normalized spacial score (nSPS) is 31.5. The van der Waals surface area contributed by atoms with Crippen molar-refractivity contribution in [1.29, 1.82) is 10.5 Å². The van der Waals surface area contributed by atoms with E-state index in [4.69, 9.17) is 19.9 Å². The number of hydrogen-bond acceptors (Lipinski definition) is 8. The van der Waals surface area contributed by atoms with Crippen molar-refractivity contribution in [3.8, 4) is 17.9 Å². The molecule has 0 radical (unpaired) electrons. The van der Waals surface area contributed by atoms with E-state index in [1.54, 1.807) is 7.11 Å². The van der Waals surface area contributed by atoms with Gasteiger partial charge < -0.3 is 25.3 Å². The van der Waals surface area contributed by atoms with Crippen molar-refractivity contribution >= 4 is 5.84 Å². The van der Waals surface area contributed by atoms with E-state index in [0.29, 0.717) is 12.2 Å². The fraction of sp³-hybridized carbons (Fsp3) is 0.500. The molecule has 2 aliphatic heterocycles. The first-order valence-electron chi connectivity index (χ1n) is 9.91. The largest absolute Gasteiger partial charge is 0.497 e. The van der Waals surface area contributed by atoms with Crippen LogP contribution in [0.2, 0.25) is 0 Å². The molecule has 0 fully saturated rings. The Hall–Kier alpha value is -3.07. The van der Waals surface area contributed by atoms with Crippen molar-refractivity contribution in [1.82, 2.24) is 5.32 Å². The first-order chi connectivity index (χ1) is 14.5. The van der Waals surface area contributed by atoms with Crippen molar-refractivity contribution in [2.45, 2.75) is 37.6 Å². The SMILES string of the molecule is COc1ccc([C@H]2NC3=C(CCCC3)[C@]3(C#N)C(OC)(OC)N=C(N)[C@@]23C#N)cc1. The second kappa shape index (κ2) is 7.02. The number of rotatable bonds is 4. The minimum absolute atomic E-state index is 0.0284. The van der Waals surface area contributed by atoms with Gasteiger partial charge in [0, 0.05) is 19.9 Å². The van der Waals surface area contributed by atoms with Crippen molar-refractivity contribution in [2.75, 3.05) is 21.3 Å². The monoisotopic (exact) mass is 407 g/mol. The van der Waals surface area contributed by atoms with Gasteiger partial charge in [-0.15, -0.1) is 0 Å². The smallest absolute Gasteiger partial charge is 0.296 e. The third-order valence-corrected chi connectivity index (χ3v) is 6.76. The van der Waals surface area contributed by atoms with Crippen LogP contribution >= 0.6 is 0 Å². The minimum atomic E-state index is -1.70. The molecule has 1 aromatic rings. The number of hydrogen-bond donors (Lipinski definition) is 2. The average Bonchev–Trinajstić information content (AvgIpc) is 3.04. The summed E-state index contributed by atoms with van der Waals surface area (Å²) in [5.41, 5.74) is 5.97.